The lowest BCUT2D eigenvalue weighted by molar-refractivity contribution is -0.144. The second-order valence-electron chi connectivity index (χ2n) is 7.87. The lowest BCUT2D eigenvalue weighted by Gasteiger charge is -2.40. The molecule has 5 nitrogen and oxygen atoms in total. The Labute approximate surface area is 155 Å². The predicted octanol–water partition coefficient (Wildman–Crippen LogP) is 2.63. The van der Waals surface area contributed by atoms with Crippen LogP contribution < -0.4 is 4.74 Å². The third kappa shape index (κ3) is 3.44. The molecule has 2 amide bonds. The van der Waals surface area contributed by atoms with Crippen LogP contribution in [0.3, 0.4) is 0 Å². The van der Waals surface area contributed by atoms with E-state index in [2.05, 4.69) is 19.1 Å². The highest BCUT2D eigenvalue weighted by atomic mass is 16.5. The van der Waals surface area contributed by atoms with Gasteiger partial charge in [-0.15, -0.1) is 0 Å². The normalized spacial score (nSPS) is 24.2. The number of nitrogens with zero attached hydrogens (tertiary/aromatic N) is 2. The van der Waals surface area contributed by atoms with Crippen molar-refractivity contribution < 1.29 is 14.3 Å². The average molecular weight is 356 g/mol. The molecule has 0 radical (unpaired) electrons. The summed E-state index contributed by atoms with van der Waals surface area (Å²) in [5.41, 5.74) is 1.26. The van der Waals surface area contributed by atoms with Crippen LogP contribution in [-0.4, -0.2) is 53.4 Å². The first-order chi connectivity index (χ1) is 12.6. The lowest BCUT2D eigenvalue weighted by atomic mass is 10.0. The molecule has 2 heterocycles. The van der Waals surface area contributed by atoms with E-state index in [9.17, 15) is 9.59 Å². The highest BCUT2D eigenvalue weighted by molar-refractivity contribution is 5.89. The minimum atomic E-state index is -0.160. The smallest absolute Gasteiger partial charge is 0.228 e. The van der Waals surface area contributed by atoms with Gasteiger partial charge in [0.2, 0.25) is 11.8 Å². The molecule has 26 heavy (non-hydrogen) atoms. The molecule has 0 bridgehead atoms. The zero-order valence-electron chi connectivity index (χ0n) is 15.5. The van der Waals surface area contributed by atoms with E-state index in [0.717, 1.165) is 25.0 Å². The van der Waals surface area contributed by atoms with Crippen LogP contribution in [0.2, 0.25) is 0 Å². The van der Waals surface area contributed by atoms with Crippen LogP contribution in [0.25, 0.3) is 0 Å². The standard InChI is InChI=1S/C21H28N2O3/c1-2-15-6-5-9-18(10-15)26-19-13-22(14-19)21(25)16-11-20(24)23(12-16)17-7-3-4-8-17/h5-6,9-10,16-17,19H,2-4,7-8,11-14H2,1H3. The van der Waals surface area contributed by atoms with Crippen LogP contribution in [0, 0.1) is 5.92 Å². The molecule has 1 atom stereocenters. The maximum atomic E-state index is 12.7. The average Bonchev–Trinajstić information content (AvgIpc) is 3.26. The fourth-order valence-electron chi connectivity index (χ4n) is 4.45. The Morgan fingerprint density at radius 3 is 2.69 bits per heavy atom. The molecule has 2 aliphatic heterocycles. The van der Waals surface area contributed by atoms with Crippen molar-refractivity contribution in [3.8, 4) is 5.75 Å². The molecule has 1 saturated carbocycles. The van der Waals surface area contributed by atoms with Gasteiger partial charge in [-0.05, 0) is 37.0 Å². The van der Waals surface area contributed by atoms with Gasteiger partial charge < -0.3 is 14.5 Å². The second-order valence-corrected chi connectivity index (χ2v) is 7.87. The van der Waals surface area contributed by atoms with Crippen LogP contribution in [0.5, 0.6) is 5.75 Å². The number of rotatable bonds is 5. The number of aryl methyl sites for hydroxylation is 1. The zero-order valence-corrected chi connectivity index (χ0v) is 15.5. The summed E-state index contributed by atoms with van der Waals surface area (Å²) < 4.78 is 5.99. The monoisotopic (exact) mass is 356 g/mol. The van der Waals surface area contributed by atoms with E-state index in [1.54, 1.807) is 0 Å². The number of benzene rings is 1. The first-order valence-electron chi connectivity index (χ1n) is 9.98. The summed E-state index contributed by atoms with van der Waals surface area (Å²) in [6.45, 7) is 4.00. The minimum Gasteiger partial charge on any atom is -0.487 e. The SMILES string of the molecule is CCc1cccc(OC2CN(C(=O)C3CC(=O)N(C4CCCC4)C3)C2)c1. The molecular formula is C21H28N2O3. The Hall–Kier alpha value is -2.04. The summed E-state index contributed by atoms with van der Waals surface area (Å²) in [7, 11) is 0. The van der Waals surface area contributed by atoms with Crippen molar-refractivity contribution >= 4 is 11.8 Å². The Balaban J connectivity index is 1.27. The molecule has 3 aliphatic rings. The van der Waals surface area contributed by atoms with Crippen LogP contribution >= 0.6 is 0 Å². The molecule has 0 spiro atoms. The van der Waals surface area contributed by atoms with E-state index in [0.29, 0.717) is 32.1 Å². The number of carbonyl (C=O) groups is 2. The maximum Gasteiger partial charge on any atom is 0.228 e. The van der Waals surface area contributed by atoms with Crippen molar-refractivity contribution in [1.29, 1.82) is 0 Å². The van der Waals surface area contributed by atoms with Crippen LogP contribution in [0.1, 0.15) is 44.6 Å². The number of ether oxygens (including phenoxy) is 1. The van der Waals surface area contributed by atoms with Crippen LogP contribution in [0.4, 0.5) is 0 Å². The van der Waals surface area contributed by atoms with Crippen molar-refractivity contribution in [2.75, 3.05) is 19.6 Å². The van der Waals surface area contributed by atoms with E-state index < -0.39 is 0 Å². The molecule has 1 aliphatic carbocycles. The van der Waals surface area contributed by atoms with Gasteiger partial charge in [-0.1, -0.05) is 31.9 Å². The zero-order chi connectivity index (χ0) is 18.1. The van der Waals surface area contributed by atoms with Gasteiger partial charge in [0.15, 0.2) is 0 Å². The van der Waals surface area contributed by atoms with E-state index in [-0.39, 0.29) is 23.8 Å². The fraction of sp³-hybridized carbons (Fsp3) is 0.619. The fourth-order valence-corrected chi connectivity index (χ4v) is 4.45. The van der Waals surface area contributed by atoms with Gasteiger partial charge in [0.05, 0.1) is 19.0 Å². The summed E-state index contributed by atoms with van der Waals surface area (Å²) in [6, 6.07) is 8.52. The van der Waals surface area contributed by atoms with Crippen molar-refractivity contribution in [2.24, 2.45) is 5.92 Å². The number of amides is 2. The van der Waals surface area contributed by atoms with Gasteiger partial charge in [-0.3, -0.25) is 9.59 Å². The Morgan fingerprint density at radius 1 is 1.19 bits per heavy atom. The van der Waals surface area contributed by atoms with Gasteiger partial charge in [0.25, 0.3) is 0 Å². The highest BCUT2D eigenvalue weighted by Crippen LogP contribution is 2.31. The Bertz CT molecular complexity index is 678. The van der Waals surface area contributed by atoms with Crippen LogP contribution in [0.15, 0.2) is 24.3 Å². The third-order valence-corrected chi connectivity index (χ3v) is 6.04. The topological polar surface area (TPSA) is 49.9 Å². The molecule has 1 aromatic carbocycles. The first kappa shape index (κ1) is 17.4. The van der Waals surface area contributed by atoms with Crippen molar-refractivity contribution in [3.63, 3.8) is 0 Å². The molecule has 5 heteroatoms. The van der Waals surface area contributed by atoms with Gasteiger partial charge >= 0.3 is 0 Å². The molecule has 3 fully saturated rings. The summed E-state index contributed by atoms with van der Waals surface area (Å²) in [4.78, 5) is 28.8. The summed E-state index contributed by atoms with van der Waals surface area (Å²) in [5, 5.41) is 0. The van der Waals surface area contributed by atoms with E-state index in [4.69, 9.17) is 4.74 Å². The first-order valence-corrected chi connectivity index (χ1v) is 9.98. The summed E-state index contributed by atoms with van der Waals surface area (Å²) >= 11 is 0. The van der Waals surface area contributed by atoms with E-state index in [1.165, 1.54) is 18.4 Å². The molecular weight excluding hydrogens is 328 g/mol. The highest BCUT2D eigenvalue weighted by Gasteiger charge is 2.43. The molecule has 0 aromatic heterocycles. The van der Waals surface area contributed by atoms with E-state index in [1.807, 2.05) is 21.9 Å². The molecule has 140 valence electrons. The summed E-state index contributed by atoms with van der Waals surface area (Å²) in [5.74, 6) is 1.01. The molecule has 0 N–H and O–H groups in total. The van der Waals surface area contributed by atoms with Crippen molar-refractivity contribution in [1.82, 2.24) is 9.80 Å². The van der Waals surface area contributed by atoms with Crippen molar-refractivity contribution in [2.45, 2.75) is 57.6 Å². The molecule has 4 rings (SSSR count). The number of carbonyl (C=O) groups excluding carboxylic acids is 2. The molecule has 1 aromatic rings. The quantitative estimate of drug-likeness (QED) is 0.815. The number of hydrogen-bond donors (Lipinski definition) is 0. The lowest BCUT2D eigenvalue weighted by Crippen LogP contribution is -2.57. The van der Waals surface area contributed by atoms with Gasteiger partial charge in [-0.2, -0.15) is 0 Å². The number of hydrogen-bond acceptors (Lipinski definition) is 3. The number of likely N-dealkylation sites (tertiary alicyclic amines) is 2. The largest absolute Gasteiger partial charge is 0.487 e. The Kier molecular flexibility index (Phi) is 4.88. The minimum absolute atomic E-state index is 0.0640. The second kappa shape index (κ2) is 7.29. The molecule has 1 unspecified atom stereocenters. The maximum absolute atomic E-state index is 12.7. The van der Waals surface area contributed by atoms with Gasteiger partial charge in [0.1, 0.15) is 11.9 Å². The van der Waals surface area contributed by atoms with Gasteiger partial charge in [-0.25, -0.2) is 0 Å². The molecule has 2 saturated heterocycles. The Morgan fingerprint density at radius 2 is 1.96 bits per heavy atom. The summed E-state index contributed by atoms with van der Waals surface area (Å²) in [6.07, 6.45) is 6.05. The van der Waals surface area contributed by atoms with Crippen LogP contribution in [-0.2, 0) is 16.0 Å². The van der Waals surface area contributed by atoms with E-state index >= 15 is 0 Å². The van der Waals surface area contributed by atoms with Crippen molar-refractivity contribution in [3.05, 3.63) is 29.8 Å². The predicted molar refractivity (Wildman–Crippen MR) is 98.9 cm³/mol. The third-order valence-electron chi connectivity index (χ3n) is 6.04. The van der Waals surface area contributed by atoms with Gasteiger partial charge in [0, 0.05) is 19.0 Å².